The van der Waals surface area contributed by atoms with Gasteiger partial charge in [-0.15, -0.1) is 0 Å². The number of aliphatic hydroxyl groups excluding tert-OH is 2. The number of nitrogens with zero attached hydrogens (tertiary/aromatic N) is 4. The van der Waals surface area contributed by atoms with Gasteiger partial charge in [0.2, 0.25) is 5.28 Å². The summed E-state index contributed by atoms with van der Waals surface area (Å²) < 4.78 is 3.59. The van der Waals surface area contributed by atoms with Gasteiger partial charge in [-0.3, -0.25) is 9.13 Å². The third kappa shape index (κ3) is 2.30. The fourth-order valence-corrected chi connectivity index (χ4v) is 5.32. The van der Waals surface area contributed by atoms with Crippen molar-refractivity contribution in [3.8, 4) is 0 Å². The van der Waals surface area contributed by atoms with Gasteiger partial charge in [0.15, 0.2) is 5.65 Å². The maximum absolute atomic E-state index is 13.1. The Hall–Kier alpha value is -1.44. The summed E-state index contributed by atoms with van der Waals surface area (Å²) in [6, 6.07) is 0.256. The SMILES string of the molecule is O=c1n(C2CC2)c2cnc(Cl)nc2n1C1CCC2(CC1)C(O)CCC2O. The van der Waals surface area contributed by atoms with Crippen molar-refractivity contribution < 1.29 is 10.2 Å². The molecule has 0 aliphatic heterocycles. The van der Waals surface area contributed by atoms with E-state index in [0.717, 1.165) is 44.0 Å². The minimum absolute atomic E-state index is 0.0154. The summed E-state index contributed by atoms with van der Waals surface area (Å²) in [6.07, 6.45) is 7.05. The minimum Gasteiger partial charge on any atom is -0.392 e. The molecule has 0 radical (unpaired) electrons. The van der Waals surface area contributed by atoms with Crippen LogP contribution in [-0.4, -0.2) is 41.5 Å². The Kier molecular flexibility index (Phi) is 3.71. The second-order valence-corrected chi connectivity index (χ2v) is 8.51. The Morgan fingerprint density at radius 1 is 1.00 bits per heavy atom. The van der Waals surface area contributed by atoms with Gasteiger partial charge in [-0.25, -0.2) is 9.78 Å². The molecule has 3 aliphatic rings. The summed E-state index contributed by atoms with van der Waals surface area (Å²) in [5, 5.41) is 21.0. The minimum atomic E-state index is -0.445. The highest BCUT2D eigenvalue weighted by Crippen LogP contribution is 2.51. The number of hydrogen-bond donors (Lipinski definition) is 2. The van der Waals surface area contributed by atoms with Gasteiger partial charge in [-0.2, -0.15) is 4.98 Å². The van der Waals surface area contributed by atoms with E-state index in [1.807, 2.05) is 4.57 Å². The van der Waals surface area contributed by atoms with Gasteiger partial charge in [0.05, 0.1) is 18.4 Å². The second-order valence-electron chi connectivity index (χ2n) is 8.17. The highest BCUT2D eigenvalue weighted by Gasteiger charge is 2.51. The lowest BCUT2D eigenvalue weighted by atomic mass is 9.68. The number of aromatic nitrogens is 4. The third-order valence-corrected chi connectivity index (χ3v) is 7.01. The molecule has 0 bridgehead atoms. The quantitative estimate of drug-likeness (QED) is 0.781. The van der Waals surface area contributed by atoms with E-state index < -0.39 is 17.6 Å². The molecule has 26 heavy (non-hydrogen) atoms. The molecule has 8 heteroatoms. The molecular formula is C18H23ClN4O3. The maximum atomic E-state index is 13.1. The molecule has 1 spiro atoms. The summed E-state index contributed by atoms with van der Waals surface area (Å²) in [6.45, 7) is 0. The van der Waals surface area contributed by atoms with Crippen LogP contribution < -0.4 is 5.69 Å². The molecule has 2 aromatic rings. The fraction of sp³-hybridized carbons (Fsp3) is 0.722. The molecule has 140 valence electrons. The normalized spacial score (nSPS) is 34.8. The van der Waals surface area contributed by atoms with Crippen LogP contribution in [0.1, 0.15) is 63.5 Å². The van der Waals surface area contributed by atoms with E-state index >= 15 is 0 Å². The molecule has 3 fully saturated rings. The lowest BCUT2D eigenvalue weighted by Gasteiger charge is -2.42. The van der Waals surface area contributed by atoms with Crippen LogP contribution >= 0.6 is 11.6 Å². The maximum Gasteiger partial charge on any atom is 0.330 e. The molecule has 2 N–H and O–H groups in total. The molecule has 2 aromatic heterocycles. The van der Waals surface area contributed by atoms with Gasteiger partial charge in [-0.1, -0.05) is 0 Å². The van der Waals surface area contributed by atoms with Crippen molar-refractivity contribution in [2.75, 3.05) is 0 Å². The molecule has 2 unspecified atom stereocenters. The van der Waals surface area contributed by atoms with E-state index in [1.54, 1.807) is 10.8 Å². The number of aliphatic hydroxyl groups is 2. The van der Waals surface area contributed by atoms with E-state index in [-0.39, 0.29) is 23.1 Å². The van der Waals surface area contributed by atoms with Crippen molar-refractivity contribution in [3.05, 3.63) is 22.0 Å². The van der Waals surface area contributed by atoms with Crippen LogP contribution in [0.4, 0.5) is 0 Å². The van der Waals surface area contributed by atoms with E-state index in [1.165, 1.54) is 0 Å². The summed E-state index contributed by atoms with van der Waals surface area (Å²) in [5.41, 5.74) is 0.924. The summed E-state index contributed by atoms with van der Waals surface area (Å²) in [5.74, 6) is 0. The Balaban J connectivity index is 1.53. The third-order valence-electron chi connectivity index (χ3n) is 6.82. The number of imidazole rings is 1. The standard InChI is InChI=1S/C18H23ClN4O3/c19-16-20-9-12-15(21-16)23(17(26)22(12)10-1-2-10)11-5-7-18(8-6-11)13(24)3-4-14(18)25/h9-11,13-14,24-25H,1-8H2. The Bertz CT molecular complexity index is 899. The first-order valence-corrected chi connectivity index (χ1v) is 9.90. The molecule has 2 atom stereocenters. The topological polar surface area (TPSA) is 93.2 Å². The molecular weight excluding hydrogens is 356 g/mol. The van der Waals surface area contributed by atoms with Gasteiger partial charge in [-0.05, 0) is 63.0 Å². The number of fused-ring (bicyclic) bond motifs is 1. The first kappa shape index (κ1) is 16.7. The molecule has 5 rings (SSSR count). The fourth-order valence-electron chi connectivity index (χ4n) is 5.19. The van der Waals surface area contributed by atoms with Crippen molar-refractivity contribution >= 4 is 22.8 Å². The van der Waals surface area contributed by atoms with Gasteiger partial charge in [0.1, 0.15) is 5.52 Å². The zero-order valence-electron chi connectivity index (χ0n) is 14.5. The average molecular weight is 379 g/mol. The Morgan fingerprint density at radius 3 is 2.23 bits per heavy atom. The molecule has 0 saturated heterocycles. The largest absolute Gasteiger partial charge is 0.392 e. The van der Waals surface area contributed by atoms with Gasteiger partial charge < -0.3 is 10.2 Å². The van der Waals surface area contributed by atoms with Crippen LogP contribution in [0.15, 0.2) is 11.0 Å². The summed E-state index contributed by atoms with van der Waals surface area (Å²) in [4.78, 5) is 21.6. The lowest BCUT2D eigenvalue weighted by Crippen LogP contribution is -2.43. The van der Waals surface area contributed by atoms with E-state index in [4.69, 9.17) is 11.6 Å². The highest BCUT2D eigenvalue weighted by atomic mass is 35.5. The van der Waals surface area contributed by atoms with Crippen LogP contribution in [0, 0.1) is 5.41 Å². The molecule has 0 amide bonds. The Labute approximate surface area is 155 Å². The molecule has 3 aliphatic carbocycles. The predicted octanol–water partition coefficient (Wildman–Crippen LogP) is 2.20. The van der Waals surface area contributed by atoms with Crippen LogP contribution in [0.2, 0.25) is 5.28 Å². The van der Waals surface area contributed by atoms with E-state index in [9.17, 15) is 15.0 Å². The van der Waals surface area contributed by atoms with Gasteiger partial charge in [0.25, 0.3) is 0 Å². The van der Waals surface area contributed by atoms with Crippen molar-refractivity contribution in [2.24, 2.45) is 5.41 Å². The number of halogens is 1. The first-order chi connectivity index (χ1) is 12.5. The monoisotopic (exact) mass is 378 g/mol. The van der Waals surface area contributed by atoms with Crippen molar-refractivity contribution in [3.63, 3.8) is 0 Å². The van der Waals surface area contributed by atoms with Crippen LogP contribution in [0.25, 0.3) is 11.2 Å². The van der Waals surface area contributed by atoms with Crippen molar-refractivity contribution in [1.82, 2.24) is 19.1 Å². The zero-order valence-corrected chi connectivity index (χ0v) is 15.3. The molecule has 7 nitrogen and oxygen atoms in total. The summed E-state index contributed by atoms with van der Waals surface area (Å²) in [7, 11) is 0. The predicted molar refractivity (Wildman–Crippen MR) is 96.3 cm³/mol. The number of rotatable bonds is 2. The zero-order chi connectivity index (χ0) is 18.1. The highest BCUT2D eigenvalue weighted by molar-refractivity contribution is 6.28. The van der Waals surface area contributed by atoms with Gasteiger partial charge >= 0.3 is 5.69 Å². The lowest BCUT2D eigenvalue weighted by molar-refractivity contribution is -0.0557. The average Bonchev–Trinajstić information content (AvgIpc) is 3.38. The number of hydrogen-bond acceptors (Lipinski definition) is 5. The molecule has 2 heterocycles. The smallest absolute Gasteiger partial charge is 0.330 e. The van der Waals surface area contributed by atoms with Crippen LogP contribution in [0.3, 0.4) is 0 Å². The van der Waals surface area contributed by atoms with Crippen LogP contribution in [0.5, 0.6) is 0 Å². The second kappa shape index (κ2) is 5.78. The first-order valence-electron chi connectivity index (χ1n) is 9.52. The van der Waals surface area contributed by atoms with E-state index in [2.05, 4.69) is 9.97 Å². The van der Waals surface area contributed by atoms with Gasteiger partial charge in [0, 0.05) is 17.5 Å². The molecule has 0 aromatic carbocycles. The Morgan fingerprint density at radius 2 is 1.62 bits per heavy atom. The van der Waals surface area contributed by atoms with Crippen molar-refractivity contribution in [2.45, 2.75) is 75.7 Å². The van der Waals surface area contributed by atoms with Crippen LogP contribution in [-0.2, 0) is 0 Å². The summed E-state index contributed by atoms with van der Waals surface area (Å²) >= 11 is 6.01. The molecule has 3 saturated carbocycles. The van der Waals surface area contributed by atoms with E-state index in [0.29, 0.717) is 18.5 Å². The van der Waals surface area contributed by atoms with Crippen molar-refractivity contribution in [1.29, 1.82) is 0 Å².